The Hall–Kier alpha value is -7.20. The Labute approximate surface area is 340 Å². The van der Waals surface area contributed by atoms with E-state index in [1.165, 1.54) is 78.2 Å². The number of barbiturate groups is 2. The largest absolute Gasteiger partial charge is 0.859 e. The average Bonchev–Trinajstić information content (AvgIpc) is 3.22. The number of amides is 8. The molecule has 2 aliphatic heterocycles. The first-order valence-corrected chi connectivity index (χ1v) is 17.2. The third-order valence-electron chi connectivity index (χ3n) is 8.28. The SMILES string of the molecule is C(/C=C/C=C/Cc1ccccc1)=Nc1ccccc1.CN1C(=O)C(=C/C=C/C=C/c2c([O-])n(C)c(=O)n(C)c2=O)C(=O)N(C)C1=O.CN1C(=O)CC(=O)N(C)C1=O.Cl. The van der Waals surface area contributed by atoms with Gasteiger partial charge in [-0.2, -0.15) is 0 Å². The number of aromatic nitrogens is 2. The number of aliphatic imine (C=N–C) groups is 1. The molecule has 8 amide bonds. The van der Waals surface area contributed by atoms with E-state index in [-0.39, 0.29) is 30.0 Å². The summed E-state index contributed by atoms with van der Waals surface area (Å²) in [5.74, 6) is -3.09. The molecule has 2 fully saturated rings. The molecule has 2 saturated heterocycles. The number of hydrogen-bond acceptors (Lipinski definition) is 10. The zero-order valence-corrected chi connectivity index (χ0v) is 33.5. The Bertz CT molecular complexity index is 2260. The highest BCUT2D eigenvalue weighted by Crippen LogP contribution is 2.15. The van der Waals surface area contributed by atoms with Gasteiger partial charge in [-0.25, -0.2) is 14.4 Å². The summed E-state index contributed by atoms with van der Waals surface area (Å²) in [6.07, 6.45) is 17.2. The van der Waals surface area contributed by atoms with Gasteiger partial charge in [0.25, 0.3) is 17.4 Å². The van der Waals surface area contributed by atoms with Crippen LogP contribution in [0, 0.1) is 0 Å². The first-order chi connectivity index (χ1) is 27.1. The van der Waals surface area contributed by atoms with Gasteiger partial charge in [-0.05, 0) is 48.2 Å². The molecule has 3 heterocycles. The van der Waals surface area contributed by atoms with Crippen LogP contribution in [0.25, 0.3) is 6.08 Å². The van der Waals surface area contributed by atoms with Gasteiger partial charge in [0.2, 0.25) is 11.8 Å². The minimum atomic E-state index is -0.731. The summed E-state index contributed by atoms with van der Waals surface area (Å²) < 4.78 is 1.63. The summed E-state index contributed by atoms with van der Waals surface area (Å²) in [5.41, 5.74) is 0.439. The standard InChI is InChI=1S/C18H17N.C17H18N4O6.C6H8N2O3.ClH/c1(5-11-17-12-6-3-7-13-17)2-10-16-19-18-14-8-4-9-15-18;1-18-12(22)10(13(23)19(2)16(18)26)8-6-5-7-9-11-14(24)20(3)17(27)21(4)15(11)25;1-7-4(9)3-5(10)8(2)6(7)11;/h1-10,12-16H,11H2;5-9,22H,1-4H3;3H2,1-2H3;1H/p-1/b5-1+,10-2+,19-16?;7-5+,8-6+;;. The molecule has 0 atom stereocenters. The van der Waals surface area contributed by atoms with Gasteiger partial charge < -0.3 is 9.67 Å². The fourth-order valence-corrected chi connectivity index (χ4v) is 4.81. The summed E-state index contributed by atoms with van der Waals surface area (Å²) in [4.78, 5) is 99.7. The minimum Gasteiger partial charge on any atom is -0.859 e. The Kier molecular flexibility index (Phi) is 18.1. The van der Waals surface area contributed by atoms with Crippen LogP contribution in [0.4, 0.5) is 15.3 Å². The van der Waals surface area contributed by atoms with E-state index in [4.69, 9.17) is 0 Å². The molecule has 2 aliphatic rings. The summed E-state index contributed by atoms with van der Waals surface area (Å²) >= 11 is 0. The number of likely N-dealkylation sites (N-methyl/N-ethyl adjacent to an activating group) is 2. The maximum absolute atomic E-state index is 12.0. The lowest BCUT2D eigenvalue weighted by Crippen LogP contribution is -2.52. The third-order valence-corrected chi connectivity index (χ3v) is 8.28. The smallest absolute Gasteiger partial charge is 0.333 e. The number of allylic oxidation sites excluding steroid dienone is 8. The van der Waals surface area contributed by atoms with Crippen LogP contribution in [0.5, 0.6) is 5.88 Å². The van der Waals surface area contributed by atoms with Crippen molar-refractivity contribution in [2.75, 3.05) is 28.2 Å². The lowest BCUT2D eigenvalue weighted by Gasteiger charge is -2.28. The summed E-state index contributed by atoms with van der Waals surface area (Å²) in [6, 6.07) is 19.0. The van der Waals surface area contributed by atoms with Crippen molar-refractivity contribution in [2.45, 2.75) is 12.8 Å². The molecule has 5 rings (SSSR count). The zero-order chi connectivity index (χ0) is 42.2. The lowest BCUT2D eigenvalue weighted by molar-refractivity contribution is -0.280. The number of nitrogens with zero attached hydrogens (tertiary/aromatic N) is 7. The summed E-state index contributed by atoms with van der Waals surface area (Å²) in [5, 5.41) is 12.0. The van der Waals surface area contributed by atoms with Gasteiger partial charge >= 0.3 is 17.8 Å². The van der Waals surface area contributed by atoms with Crippen molar-refractivity contribution in [3.05, 3.63) is 147 Å². The fourth-order valence-electron chi connectivity index (χ4n) is 4.81. The Morgan fingerprint density at radius 1 is 0.621 bits per heavy atom. The van der Waals surface area contributed by atoms with Gasteiger partial charge in [0.15, 0.2) is 0 Å². The fraction of sp³-hybridized carbons (Fsp3) is 0.195. The number of rotatable bonds is 8. The molecule has 0 N–H and O–H groups in total. The van der Waals surface area contributed by atoms with Crippen molar-refractivity contribution in [2.24, 2.45) is 19.1 Å². The van der Waals surface area contributed by atoms with Crippen molar-refractivity contribution in [3.8, 4) is 5.88 Å². The minimum absolute atomic E-state index is 0. The monoisotopic (exact) mass is 812 g/mol. The molecule has 16 nitrogen and oxygen atoms in total. The van der Waals surface area contributed by atoms with E-state index in [0.717, 1.165) is 40.8 Å². The van der Waals surface area contributed by atoms with E-state index in [2.05, 4.69) is 35.3 Å². The van der Waals surface area contributed by atoms with Gasteiger partial charge in [0.05, 0.1) is 5.69 Å². The van der Waals surface area contributed by atoms with E-state index in [9.17, 15) is 43.5 Å². The second-order valence-corrected chi connectivity index (χ2v) is 12.2. The van der Waals surface area contributed by atoms with Crippen LogP contribution >= 0.6 is 12.4 Å². The predicted octanol–water partition coefficient (Wildman–Crippen LogP) is 3.30. The van der Waals surface area contributed by atoms with Crippen LogP contribution in [0.1, 0.15) is 17.5 Å². The summed E-state index contributed by atoms with van der Waals surface area (Å²) in [6.45, 7) is 0. The van der Waals surface area contributed by atoms with E-state index in [1.54, 1.807) is 0 Å². The Morgan fingerprint density at radius 3 is 1.71 bits per heavy atom. The molecule has 0 bridgehead atoms. The van der Waals surface area contributed by atoms with Gasteiger partial charge in [0.1, 0.15) is 12.0 Å². The zero-order valence-electron chi connectivity index (χ0n) is 32.7. The number of hydrogen-bond donors (Lipinski definition) is 0. The van der Waals surface area contributed by atoms with E-state index in [1.807, 2.05) is 60.8 Å². The number of carbonyl (C=O) groups excluding carboxylic acids is 6. The number of halogens is 1. The first-order valence-electron chi connectivity index (χ1n) is 17.2. The molecule has 0 aliphatic carbocycles. The van der Waals surface area contributed by atoms with Crippen LogP contribution in [0.2, 0.25) is 0 Å². The van der Waals surface area contributed by atoms with Crippen LogP contribution in [0.3, 0.4) is 0 Å². The molecule has 0 saturated carbocycles. The molecule has 58 heavy (non-hydrogen) atoms. The molecule has 0 unspecified atom stereocenters. The molecule has 2 aromatic carbocycles. The van der Waals surface area contributed by atoms with E-state index < -0.39 is 52.8 Å². The van der Waals surface area contributed by atoms with Crippen molar-refractivity contribution < 1.29 is 33.9 Å². The quantitative estimate of drug-likeness (QED) is 0.108. The number of para-hydroxylation sites is 1. The summed E-state index contributed by atoms with van der Waals surface area (Å²) in [7, 11) is 7.75. The normalized spacial score (nSPS) is 14.8. The van der Waals surface area contributed by atoms with Crippen LogP contribution in [-0.2, 0) is 39.7 Å². The number of urea groups is 2. The van der Waals surface area contributed by atoms with Crippen LogP contribution < -0.4 is 16.4 Å². The molecular weight excluding hydrogens is 770 g/mol. The lowest BCUT2D eigenvalue weighted by atomic mass is 10.1. The molecule has 0 radical (unpaired) electrons. The maximum atomic E-state index is 12.0. The van der Waals surface area contributed by atoms with Crippen LogP contribution in [0.15, 0.2) is 129 Å². The van der Waals surface area contributed by atoms with Crippen LogP contribution in [-0.4, -0.2) is 98.8 Å². The highest BCUT2D eigenvalue weighted by atomic mass is 35.5. The molecule has 17 heteroatoms. The van der Waals surface area contributed by atoms with Gasteiger partial charge in [-0.1, -0.05) is 85.0 Å². The Balaban J connectivity index is 0.000000325. The highest BCUT2D eigenvalue weighted by Gasteiger charge is 2.37. The third kappa shape index (κ3) is 12.4. The maximum Gasteiger partial charge on any atom is 0.333 e. The first kappa shape index (κ1) is 47.0. The number of imide groups is 4. The van der Waals surface area contributed by atoms with Crippen molar-refractivity contribution in [1.82, 2.24) is 28.7 Å². The van der Waals surface area contributed by atoms with Gasteiger partial charge in [0, 0.05) is 54.1 Å². The van der Waals surface area contributed by atoms with Crippen molar-refractivity contribution in [1.29, 1.82) is 0 Å². The second-order valence-electron chi connectivity index (χ2n) is 12.2. The topological polar surface area (TPSA) is 195 Å². The predicted molar refractivity (Wildman–Crippen MR) is 219 cm³/mol. The van der Waals surface area contributed by atoms with E-state index >= 15 is 0 Å². The Morgan fingerprint density at radius 2 is 1.14 bits per heavy atom. The average molecular weight is 813 g/mol. The molecule has 3 aromatic rings. The van der Waals surface area contributed by atoms with Crippen molar-refractivity contribution >= 4 is 66.1 Å². The number of carbonyl (C=O) groups is 6. The van der Waals surface area contributed by atoms with Gasteiger partial charge in [-0.15, -0.1) is 12.4 Å². The van der Waals surface area contributed by atoms with Gasteiger partial charge in [-0.3, -0.25) is 53.1 Å². The molecular formula is C41H43ClN7O9-. The number of benzene rings is 2. The highest BCUT2D eigenvalue weighted by molar-refractivity contribution is 6.28. The van der Waals surface area contributed by atoms with Crippen molar-refractivity contribution in [3.63, 3.8) is 0 Å². The second kappa shape index (κ2) is 22.4. The molecule has 304 valence electrons. The molecule has 0 spiro atoms. The molecule has 1 aromatic heterocycles. The van der Waals surface area contributed by atoms with E-state index in [0.29, 0.717) is 0 Å².